The monoisotopic (exact) mass is 222 g/mol. The maximum absolute atomic E-state index is 5.98. The first kappa shape index (κ1) is 10.5. The van der Waals surface area contributed by atoms with Gasteiger partial charge in [0.15, 0.2) is 0 Å². The van der Waals surface area contributed by atoms with Crippen molar-refractivity contribution < 1.29 is 0 Å². The fourth-order valence-electron chi connectivity index (χ4n) is 1.84. The Balaban J connectivity index is 2.48. The second-order valence-corrected chi connectivity index (χ2v) is 4.14. The molecule has 3 heteroatoms. The molecular formula is C12H15ClN2. The fourth-order valence-corrected chi connectivity index (χ4v) is 2.01. The van der Waals surface area contributed by atoms with Crippen LogP contribution in [0.25, 0.3) is 10.9 Å². The molecule has 1 aromatic carbocycles. The number of nitrogens with zero attached hydrogens (tertiary/aromatic N) is 1. The predicted octanol–water partition coefficient (Wildman–Crippen LogP) is 2.94. The molecule has 2 aromatic rings. The molecule has 0 bridgehead atoms. The van der Waals surface area contributed by atoms with Crippen LogP contribution in [0.15, 0.2) is 24.4 Å². The first-order valence-electron chi connectivity index (χ1n) is 5.16. The van der Waals surface area contributed by atoms with Crippen LogP contribution < -0.4 is 5.32 Å². The molecule has 2 nitrogen and oxygen atoms in total. The van der Waals surface area contributed by atoms with Gasteiger partial charge in [-0.05, 0) is 24.2 Å². The molecule has 80 valence electrons. The molecule has 0 spiro atoms. The number of fused-ring (bicyclic) bond motifs is 1. The van der Waals surface area contributed by atoms with Crippen LogP contribution in [0.5, 0.6) is 0 Å². The Labute approximate surface area is 94.8 Å². The maximum Gasteiger partial charge on any atom is 0.0495 e. The van der Waals surface area contributed by atoms with E-state index in [4.69, 9.17) is 11.6 Å². The van der Waals surface area contributed by atoms with E-state index in [9.17, 15) is 0 Å². The van der Waals surface area contributed by atoms with Crippen molar-refractivity contribution in [3.8, 4) is 0 Å². The quantitative estimate of drug-likeness (QED) is 0.845. The average Bonchev–Trinajstić information content (AvgIpc) is 2.53. The minimum absolute atomic E-state index is 0.790. The summed E-state index contributed by atoms with van der Waals surface area (Å²) in [5, 5.41) is 5.41. The molecule has 1 aromatic heterocycles. The Bertz CT molecular complexity index is 474. The van der Waals surface area contributed by atoms with Crippen molar-refractivity contribution in [2.45, 2.75) is 13.5 Å². The van der Waals surface area contributed by atoms with E-state index in [1.54, 1.807) is 0 Å². The van der Waals surface area contributed by atoms with E-state index in [2.05, 4.69) is 29.1 Å². The van der Waals surface area contributed by atoms with Crippen molar-refractivity contribution in [2.75, 3.05) is 6.54 Å². The lowest BCUT2D eigenvalue weighted by molar-refractivity contribution is 0.727. The van der Waals surface area contributed by atoms with Crippen molar-refractivity contribution in [1.82, 2.24) is 9.88 Å². The molecule has 0 aliphatic carbocycles. The molecule has 1 N–H and O–H groups in total. The highest BCUT2D eigenvalue weighted by Crippen LogP contribution is 2.23. The highest BCUT2D eigenvalue weighted by molar-refractivity contribution is 6.31. The summed E-state index contributed by atoms with van der Waals surface area (Å²) in [6.07, 6.45) is 2.16. The third kappa shape index (κ3) is 2.01. The second-order valence-electron chi connectivity index (χ2n) is 3.71. The first-order valence-corrected chi connectivity index (χ1v) is 5.54. The van der Waals surface area contributed by atoms with E-state index in [0.717, 1.165) is 18.1 Å². The van der Waals surface area contributed by atoms with Crippen LogP contribution >= 0.6 is 11.6 Å². The van der Waals surface area contributed by atoms with E-state index in [-0.39, 0.29) is 0 Å². The van der Waals surface area contributed by atoms with Crippen molar-refractivity contribution in [3.63, 3.8) is 0 Å². The molecule has 2 rings (SSSR count). The third-order valence-corrected chi connectivity index (χ3v) is 2.84. The number of aryl methyl sites for hydroxylation is 1. The van der Waals surface area contributed by atoms with E-state index in [0.29, 0.717) is 0 Å². The van der Waals surface area contributed by atoms with Gasteiger partial charge in [0.05, 0.1) is 0 Å². The fraction of sp³-hybridized carbons (Fsp3) is 0.333. The number of hydrogen-bond acceptors (Lipinski definition) is 1. The van der Waals surface area contributed by atoms with Gasteiger partial charge >= 0.3 is 0 Å². The molecule has 0 radical (unpaired) electrons. The zero-order valence-electron chi connectivity index (χ0n) is 9.05. The summed E-state index contributed by atoms with van der Waals surface area (Å²) in [5.74, 6) is 0. The summed E-state index contributed by atoms with van der Waals surface area (Å²) >= 11 is 5.98. The van der Waals surface area contributed by atoms with Crippen molar-refractivity contribution >= 4 is 22.5 Å². The Morgan fingerprint density at radius 2 is 2.20 bits per heavy atom. The Kier molecular flexibility index (Phi) is 2.98. The molecule has 0 fully saturated rings. The number of nitrogens with one attached hydrogen (secondary N) is 1. The standard InChI is InChI=1S/C12H15ClN2/c1-3-14-7-9-8-15(2)12-6-10(13)4-5-11(9)12/h4-6,8,14H,3,7H2,1-2H3. The first-order chi connectivity index (χ1) is 7.22. The van der Waals surface area contributed by atoms with Crippen LogP contribution in [-0.4, -0.2) is 11.1 Å². The van der Waals surface area contributed by atoms with Crippen LogP contribution in [0.1, 0.15) is 12.5 Å². The molecule has 0 aliphatic heterocycles. The second kappa shape index (κ2) is 4.25. The molecule has 15 heavy (non-hydrogen) atoms. The van der Waals surface area contributed by atoms with Crippen LogP contribution in [0.2, 0.25) is 5.02 Å². The molecule has 0 amide bonds. The lowest BCUT2D eigenvalue weighted by atomic mass is 10.2. The van der Waals surface area contributed by atoms with E-state index >= 15 is 0 Å². The summed E-state index contributed by atoms with van der Waals surface area (Å²) in [7, 11) is 2.05. The van der Waals surface area contributed by atoms with Gasteiger partial charge in [-0.1, -0.05) is 24.6 Å². The number of hydrogen-bond donors (Lipinski definition) is 1. The molecule has 0 unspecified atom stereocenters. The van der Waals surface area contributed by atoms with Crippen LogP contribution in [0, 0.1) is 0 Å². The summed E-state index contributed by atoms with van der Waals surface area (Å²) in [6.45, 7) is 4.02. The zero-order valence-corrected chi connectivity index (χ0v) is 9.80. The predicted molar refractivity (Wildman–Crippen MR) is 65.3 cm³/mol. The highest BCUT2D eigenvalue weighted by atomic mass is 35.5. The lowest BCUT2D eigenvalue weighted by Gasteiger charge is -1.99. The zero-order chi connectivity index (χ0) is 10.8. The number of halogens is 1. The van der Waals surface area contributed by atoms with Gasteiger partial charge in [-0.25, -0.2) is 0 Å². The highest BCUT2D eigenvalue weighted by Gasteiger charge is 2.05. The summed E-state index contributed by atoms with van der Waals surface area (Å²) < 4.78 is 2.12. The van der Waals surface area contributed by atoms with Gasteiger partial charge in [-0.15, -0.1) is 0 Å². The number of benzene rings is 1. The summed E-state index contributed by atoms with van der Waals surface area (Å²) in [5.41, 5.74) is 2.52. The topological polar surface area (TPSA) is 17.0 Å². The van der Waals surface area contributed by atoms with Crippen molar-refractivity contribution in [2.24, 2.45) is 7.05 Å². The molecule has 0 saturated carbocycles. The van der Waals surface area contributed by atoms with Crippen LogP contribution in [0.3, 0.4) is 0 Å². The molecular weight excluding hydrogens is 208 g/mol. The van der Waals surface area contributed by atoms with Gasteiger partial charge in [-0.2, -0.15) is 0 Å². The van der Waals surface area contributed by atoms with Gasteiger partial charge in [0.2, 0.25) is 0 Å². The maximum atomic E-state index is 5.98. The van der Waals surface area contributed by atoms with Crippen molar-refractivity contribution in [3.05, 3.63) is 35.0 Å². The Hall–Kier alpha value is -0.990. The van der Waals surface area contributed by atoms with Crippen LogP contribution in [0.4, 0.5) is 0 Å². The van der Waals surface area contributed by atoms with Crippen molar-refractivity contribution in [1.29, 1.82) is 0 Å². The molecule has 1 heterocycles. The number of aromatic nitrogens is 1. The van der Waals surface area contributed by atoms with Gasteiger partial charge in [0, 0.05) is 35.7 Å². The summed E-state index contributed by atoms with van der Waals surface area (Å²) in [4.78, 5) is 0. The minimum Gasteiger partial charge on any atom is -0.350 e. The van der Waals surface area contributed by atoms with Gasteiger partial charge < -0.3 is 9.88 Å². The largest absolute Gasteiger partial charge is 0.350 e. The van der Waals surface area contributed by atoms with Gasteiger partial charge in [0.25, 0.3) is 0 Å². The van der Waals surface area contributed by atoms with E-state index < -0.39 is 0 Å². The van der Waals surface area contributed by atoms with E-state index in [1.807, 2.05) is 19.2 Å². The number of rotatable bonds is 3. The Morgan fingerprint density at radius 3 is 2.93 bits per heavy atom. The van der Waals surface area contributed by atoms with E-state index in [1.165, 1.54) is 16.5 Å². The molecule has 0 atom stereocenters. The SMILES string of the molecule is CCNCc1cn(C)c2cc(Cl)ccc12. The average molecular weight is 223 g/mol. The normalized spacial score (nSPS) is 11.1. The lowest BCUT2D eigenvalue weighted by Crippen LogP contribution is -2.11. The van der Waals surface area contributed by atoms with Gasteiger partial charge in [0.1, 0.15) is 0 Å². The molecule has 0 aliphatic rings. The van der Waals surface area contributed by atoms with Gasteiger partial charge in [-0.3, -0.25) is 0 Å². The van der Waals surface area contributed by atoms with Crippen LogP contribution in [-0.2, 0) is 13.6 Å². The smallest absolute Gasteiger partial charge is 0.0495 e. The minimum atomic E-state index is 0.790. The third-order valence-electron chi connectivity index (χ3n) is 2.60. The Morgan fingerprint density at radius 1 is 1.40 bits per heavy atom. The summed E-state index contributed by atoms with van der Waals surface area (Å²) in [6, 6.07) is 6.04. The molecule has 0 saturated heterocycles.